The average Bonchev–Trinajstić information content (AvgIpc) is 3.30. The van der Waals surface area contributed by atoms with E-state index in [4.69, 9.17) is 13.9 Å². The molecule has 7 nitrogen and oxygen atoms in total. The van der Waals surface area contributed by atoms with E-state index in [1.54, 1.807) is 19.2 Å². The first kappa shape index (κ1) is 20.0. The monoisotopic (exact) mass is 447 g/mol. The molecule has 0 aliphatic carbocycles. The average molecular weight is 448 g/mol. The summed E-state index contributed by atoms with van der Waals surface area (Å²) in [5.74, 6) is 2.07. The van der Waals surface area contributed by atoms with E-state index in [1.165, 1.54) is 0 Å². The number of nitrogens with one attached hydrogen (secondary N) is 1. The van der Waals surface area contributed by atoms with Crippen LogP contribution < -0.4 is 14.8 Å². The summed E-state index contributed by atoms with van der Waals surface area (Å²) < 4.78 is 19.2. The van der Waals surface area contributed by atoms with Crippen molar-refractivity contribution in [1.29, 1.82) is 0 Å². The molecule has 3 rings (SSSR count). The van der Waals surface area contributed by atoms with Gasteiger partial charge in [-0.25, -0.2) is 0 Å². The topological polar surface area (TPSA) is 78.5 Å². The minimum absolute atomic E-state index is 0.242. The Morgan fingerprint density at radius 2 is 1.96 bits per heavy atom. The van der Waals surface area contributed by atoms with Crippen molar-refractivity contribution < 1.29 is 18.7 Å². The molecule has 0 saturated carbocycles. The van der Waals surface area contributed by atoms with Crippen molar-refractivity contribution in [1.82, 2.24) is 15.1 Å². The van der Waals surface area contributed by atoms with Crippen molar-refractivity contribution in [3.63, 3.8) is 0 Å². The lowest BCUT2D eigenvalue weighted by molar-refractivity contribution is 0.0920. The Morgan fingerprint density at radius 1 is 1.21 bits per heavy atom. The van der Waals surface area contributed by atoms with Crippen LogP contribution in [0.1, 0.15) is 28.4 Å². The summed E-state index contributed by atoms with van der Waals surface area (Å²) in [5.41, 5.74) is 0.948. The highest BCUT2D eigenvalue weighted by Crippen LogP contribution is 2.19. The van der Waals surface area contributed by atoms with E-state index in [2.05, 4.69) is 26.3 Å². The highest BCUT2D eigenvalue weighted by atomic mass is 79.9. The zero-order chi connectivity index (χ0) is 19.9. The predicted molar refractivity (Wildman–Crippen MR) is 108 cm³/mol. The van der Waals surface area contributed by atoms with E-state index in [9.17, 15) is 4.79 Å². The molecule has 28 heavy (non-hydrogen) atoms. The summed E-state index contributed by atoms with van der Waals surface area (Å²) in [6, 6.07) is 10.7. The molecule has 0 radical (unpaired) electrons. The van der Waals surface area contributed by atoms with E-state index >= 15 is 0 Å². The number of furan rings is 1. The van der Waals surface area contributed by atoms with Crippen molar-refractivity contribution >= 4 is 21.8 Å². The van der Waals surface area contributed by atoms with Crippen LogP contribution in [0.3, 0.4) is 0 Å². The van der Waals surface area contributed by atoms with Crippen LogP contribution in [0.25, 0.3) is 0 Å². The fourth-order valence-electron chi connectivity index (χ4n) is 2.54. The molecule has 2 aromatic heterocycles. The summed E-state index contributed by atoms with van der Waals surface area (Å²) in [7, 11) is 1.61. The number of hydrogen-bond donors (Lipinski definition) is 1. The Labute approximate surface area is 171 Å². The van der Waals surface area contributed by atoms with Crippen molar-refractivity contribution in [2.75, 3.05) is 13.7 Å². The quantitative estimate of drug-likeness (QED) is 0.502. The molecular weight excluding hydrogens is 426 g/mol. The lowest BCUT2D eigenvalue weighted by atomic mass is 10.3. The first-order valence-corrected chi connectivity index (χ1v) is 9.68. The molecule has 0 aliphatic heterocycles. The van der Waals surface area contributed by atoms with E-state index in [-0.39, 0.29) is 18.3 Å². The second kappa shape index (κ2) is 9.45. The Morgan fingerprint density at radius 3 is 2.64 bits per heavy atom. The van der Waals surface area contributed by atoms with Crippen LogP contribution in [0.2, 0.25) is 0 Å². The van der Waals surface area contributed by atoms with Crippen LogP contribution in [0, 0.1) is 6.92 Å². The zero-order valence-electron chi connectivity index (χ0n) is 15.8. The highest BCUT2D eigenvalue weighted by Gasteiger charge is 2.11. The minimum Gasteiger partial charge on any atom is -0.497 e. The molecule has 0 fully saturated rings. The Hall–Kier alpha value is -2.74. The van der Waals surface area contributed by atoms with Crippen LogP contribution in [0.15, 0.2) is 51.5 Å². The van der Waals surface area contributed by atoms with Gasteiger partial charge in [-0.3, -0.25) is 9.48 Å². The number of aryl methyl sites for hydroxylation is 2. The highest BCUT2D eigenvalue weighted by molar-refractivity contribution is 9.10. The van der Waals surface area contributed by atoms with Crippen molar-refractivity contribution in [3.05, 3.63) is 64.3 Å². The molecule has 1 aromatic carbocycles. The van der Waals surface area contributed by atoms with E-state index in [0.29, 0.717) is 18.1 Å². The standard InChI is InChI=1S/C20H22BrN3O4/c1-14-18(21)12-24(23-14)11-3-10-22-20(25)19-9-8-17(28-19)13-27-16-6-4-15(26-2)5-7-16/h4-9,12H,3,10-11,13H2,1-2H3,(H,22,25). The van der Waals surface area contributed by atoms with Gasteiger partial charge in [-0.2, -0.15) is 5.10 Å². The maximum absolute atomic E-state index is 12.2. The molecule has 3 aromatic rings. The van der Waals surface area contributed by atoms with Gasteiger partial charge in [0.05, 0.1) is 17.3 Å². The Balaban J connectivity index is 1.41. The molecular formula is C20H22BrN3O4. The fraction of sp³-hybridized carbons (Fsp3) is 0.300. The molecule has 0 saturated heterocycles. The Bertz CT molecular complexity index is 898. The number of halogens is 1. The number of carbonyl (C=O) groups is 1. The third kappa shape index (κ3) is 5.39. The van der Waals surface area contributed by atoms with Gasteiger partial charge in [0.15, 0.2) is 5.76 Å². The maximum Gasteiger partial charge on any atom is 0.286 e. The van der Waals surface area contributed by atoms with Crippen LogP contribution in [0.4, 0.5) is 0 Å². The molecule has 0 unspecified atom stereocenters. The van der Waals surface area contributed by atoms with Crippen LogP contribution >= 0.6 is 15.9 Å². The van der Waals surface area contributed by atoms with Gasteiger partial charge in [-0.05, 0) is 65.7 Å². The number of nitrogens with zero attached hydrogens (tertiary/aromatic N) is 2. The van der Waals surface area contributed by atoms with Crippen LogP contribution in [-0.2, 0) is 13.2 Å². The van der Waals surface area contributed by atoms with Gasteiger partial charge in [0, 0.05) is 19.3 Å². The number of aromatic nitrogens is 2. The van der Waals surface area contributed by atoms with Crippen molar-refractivity contribution in [2.45, 2.75) is 26.5 Å². The van der Waals surface area contributed by atoms with Gasteiger partial charge < -0.3 is 19.2 Å². The number of methoxy groups -OCH3 is 1. The molecule has 0 aliphatic rings. The van der Waals surface area contributed by atoms with Crippen LogP contribution in [-0.4, -0.2) is 29.3 Å². The lowest BCUT2D eigenvalue weighted by Gasteiger charge is -2.05. The number of ether oxygens (including phenoxy) is 2. The van der Waals surface area contributed by atoms with Gasteiger partial charge in [-0.1, -0.05) is 0 Å². The first-order chi connectivity index (χ1) is 13.5. The maximum atomic E-state index is 12.2. The zero-order valence-corrected chi connectivity index (χ0v) is 17.4. The molecule has 2 heterocycles. The molecule has 0 bridgehead atoms. The number of amides is 1. The third-order valence-corrected chi connectivity index (χ3v) is 4.84. The van der Waals surface area contributed by atoms with E-state index in [1.807, 2.05) is 42.1 Å². The summed E-state index contributed by atoms with van der Waals surface area (Å²) in [4.78, 5) is 12.2. The van der Waals surface area contributed by atoms with Crippen LogP contribution in [0.5, 0.6) is 11.5 Å². The SMILES string of the molecule is COc1ccc(OCc2ccc(C(=O)NCCCn3cc(Br)c(C)n3)o2)cc1. The molecule has 148 valence electrons. The van der Waals surface area contributed by atoms with Gasteiger partial charge in [-0.15, -0.1) is 0 Å². The summed E-state index contributed by atoms with van der Waals surface area (Å²) >= 11 is 3.43. The van der Waals surface area contributed by atoms with E-state index < -0.39 is 0 Å². The van der Waals surface area contributed by atoms with Crippen molar-refractivity contribution in [2.24, 2.45) is 0 Å². The third-order valence-electron chi connectivity index (χ3n) is 4.06. The minimum atomic E-state index is -0.242. The number of hydrogen-bond acceptors (Lipinski definition) is 5. The van der Waals surface area contributed by atoms with Crippen molar-refractivity contribution in [3.8, 4) is 11.5 Å². The Kier molecular flexibility index (Phi) is 6.76. The predicted octanol–water partition coefficient (Wildman–Crippen LogP) is 3.95. The first-order valence-electron chi connectivity index (χ1n) is 8.88. The number of rotatable bonds is 9. The summed E-state index contributed by atoms with van der Waals surface area (Å²) in [5, 5.41) is 7.21. The molecule has 0 spiro atoms. The summed E-state index contributed by atoms with van der Waals surface area (Å²) in [6.07, 6.45) is 2.70. The second-order valence-corrected chi connectivity index (χ2v) is 7.02. The van der Waals surface area contributed by atoms with Gasteiger partial charge in [0.25, 0.3) is 5.91 Å². The lowest BCUT2D eigenvalue weighted by Crippen LogP contribution is -2.24. The summed E-state index contributed by atoms with van der Waals surface area (Å²) in [6.45, 7) is 3.45. The molecule has 0 atom stereocenters. The molecule has 8 heteroatoms. The van der Waals surface area contributed by atoms with E-state index in [0.717, 1.165) is 28.9 Å². The smallest absolute Gasteiger partial charge is 0.286 e. The second-order valence-electron chi connectivity index (χ2n) is 6.17. The van der Waals surface area contributed by atoms with Gasteiger partial charge >= 0.3 is 0 Å². The largest absolute Gasteiger partial charge is 0.497 e. The number of benzene rings is 1. The fourth-order valence-corrected chi connectivity index (χ4v) is 2.86. The van der Waals surface area contributed by atoms with Gasteiger partial charge in [0.2, 0.25) is 0 Å². The van der Waals surface area contributed by atoms with Gasteiger partial charge in [0.1, 0.15) is 23.9 Å². The number of carbonyl (C=O) groups excluding carboxylic acids is 1. The molecule has 1 amide bonds. The molecule has 1 N–H and O–H groups in total. The normalized spacial score (nSPS) is 10.7.